The number of rotatable bonds is 3. The first-order chi connectivity index (χ1) is 7.25. The topological polar surface area (TPSA) is 23.5 Å². The highest BCUT2D eigenvalue weighted by atomic mass is 16.3. The first-order valence-corrected chi connectivity index (χ1v) is 5.68. The zero-order chi connectivity index (χ0) is 10.7. The summed E-state index contributed by atoms with van der Waals surface area (Å²) < 4.78 is 0. The predicted octanol–water partition coefficient (Wildman–Crippen LogP) is 2.03. The van der Waals surface area contributed by atoms with Crippen molar-refractivity contribution in [2.24, 2.45) is 0 Å². The molecular formula is C13H19NO. The van der Waals surface area contributed by atoms with E-state index in [1.807, 2.05) is 6.07 Å². The van der Waals surface area contributed by atoms with Gasteiger partial charge in [-0.25, -0.2) is 0 Å². The van der Waals surface area contributed by atoms with Gasteiger partial charge in [-0.15, -0.1) is 0 Å². The summed E-state index contributed by atoms with van der Waals surface area (Å²) >= 11 is 0. The van der Waals surface area contributed by atoms with Crippen LogP contribution in [0.3, 0.4) is 0 Å². The molecule has 2 nitrogen and oxygen atoms in total. The Morgan fingerprint density at radius 1 is 1.27 bits per heavy atom. The van der Waals surface area contributed by atoms with Crippen molar-refractivity contribution in [1.82, 2.24) is 4.90 Å². The highest BCUT2D eigenvalue weighted by molar-refractivity contribution is 5.14. The molecule has 15 heavy (non-hydrogen) atoms. The molecule has 0 heterocycles. The molecule has 1 N–H and O–H groups in total. The van der Waals surface area contributed by atoms with Gasteiger partial charge in [0.25, 0.3) is 0 Å². The third kappa shape index (κ3) is 2.80. The molecule has 0 saturated heterocycles. The van der Waals surface area contributed by atoms with E-state index in [0.29, 0.717) is 6.04 Å². The molecule has 0 spiro atoms. The van der Waals surface area contributed by atoms with Gasteiger partial charge in [-0.1, -0.05) is 30.3 Å². The van der Waals surface area contributed by atoms with Gasteiger partial charge in [-0.3, -0.25) is 4.90 Å². The van der Waals surface area contributed by atoms with E-state index >= 15 is 0 Å². The molecule has 1 aliphatic carbocycles. The zero-order valence-electron chi connectivity index (χ0n) is 9.26. The third-order valence-corrected chi connectivity index (χ3v) is 3.28. The summed E-state index contributed by atoms with van der Waals surface area (Å²) in [6.07, 6.45) is 2.95. The fourth-order valence-corrected chi connectivity index (χ4v) is 2.34. The molecule has 2 rings (SSSR count). The predicted molar refractivity (Wildman–Crippen MR) is 61.6 cm³/mol. The van der Waals surface area contributed by atoms with Gasteiger partial charge < -0.3 is 5.11 Å². The second-order valence-corrected chi connectivity index (χ2v) is 4.52. The Balaban J connectivity index is 1.90. The molecule has 2 unspecified atom stereocenters. The largest absolute Gasteiger partial charge is 0.393 e. The second kappa shape index (κ2) is 4.77. The first-order valence-electron chi connectivity index (χ1n) is 5.68. The number of hydrogen-bond donors (Lipinski definition) is 1. The molecule has 0 aromatic heterocycles. The van der Waals surface area contributed by atoms with Crippen molar-refractivity contribution in [2.75, 3.05) is 7.05 Å². The van der Waals surface area contributed by atoms with Crippen molar-refractivity contribution in [3.63, 3.8) is 0 Å². The van der Waals surface area contributed by atoms with E-state index in [1.165, 1.54) is 5.56 Å². The lowest BCUT2D eigenvalue weighted by Crippen LogP contribution is -2.29. The van der Waals surface area contributed by atoms with Crippen molar-refractivity contribution in [3.05, 3.63) is 35.9 Å². The van der Waals surface area contributed by atoms with Gasteiger partial charge in [0.1, 0.15) is 0 Å². The molecule has 0 amide bonds. The normalized spacial score (nSPS) is 26.1. The second-order valence-electron chi connectivity index (χ2n) is 4.52. The van der Waals surface area contributed by atoms with Crippen LogP contribution in [-0.4, -0.2) is 29.2 Å². The van der Waals surface area contributed by atoms with Crippen molar-refractivity contribution in [2.45, 2.75) is 38.0 Å². The number of aliphatic hydroxyl groups excluding tert-OH is 1. The highest BCUT2D eigenvalue weighted by Crippen LogP contribution is 2.24. The SMILES string of the molecule is CN(Cc1ccccc1)C1CCC(O)C1. The molecule has 1 aromatic carbocycles. The number of hydrogen-bond acceptors (Lipinski definition) is 2. The van der Waals surface area contributed by atoms with E-state index in [2.05, 4.69) is 36.2 Å². The Morgan fingerprint density at radius 3 is 2.60 bits per heavy atom. The fraction of sp³-hybridized carbons (Fsp3) is 0.538. The van der Waals surface area contributed by atoms with Crippen LogP contribution in [0.15, 0.2) is 30.3 Å². The molecule has 0 radical (unpaired) electrons. The minimum atomic E-state index is -0.0757. The maximum Gasteiger partial charge on any atom is 0.0555 e. The van der Waals surface area contributed by atoms with Gasteiger partial charge in [0.05, 0.1) is 6.10 Å². The van der Waals surface area contributed by atoms with Gasteiger partial charge in [-0.05, 0) is 31.9 Å². The summed E-state index contributed by atoms with van der Waals surface area (Å²) in [6, 6.07) is 11.1. The molecule has 2 heteroatoms. The molecule has 1 saturated carbocycles. The highest BCUT2D eigenvalue weighted by Gasteiger charge is 2.25. The van der Waals surface area contributed by atoms with Crippen LogP contribution in [-0.2, 0) is 6.54 Å². The number of aliphatic hydroxyl groups is 1. The Bertz CT molecular complexity index is 299. The van der Waals surface area contributed by atoms with Gasteiger partial charge in [0.2, 0.25) is 0 Å². The lowest BCUT2D eigenvalue weighted by atomic mass is 10.1. The standard InChI is InChI=1S/C13H19NO/c1-14(12-7-8-13(15)9-12)10-11-5-3-2-4-6-11/h2-6,12-13,15H,7-10H2,1H3. The monoisotopic (exact) mass is 205 g/mol. The van der Waals surface area contributed by atoms with Crippen LogP contribution in [0.4, 0.5) is 0 Å². The maximum absolute atomic E-state index is 9.49. The van der Waals surface area contributed by atoms with Gasteiger partial charge in [0, 0.05) is 12.6 Å². The Kier molecular flexibility index (Phi) is 3.39. The average Bonchev–Trinajstić information content (AvgIpc) is 2.66. The van der Waals surface area contributed by atoms with E-state index < -0.39 is 0 Å². The molecule has 1 fully saturated rings. The van der Waals surface area contributed by atoms with E-state index in [0.717, 1.165) is 25.8 Å². The quantitative estimate of drug-likeness (QED) is 0.816. The lowest BCUT2D eigenvalue weighted by Gasteiger charge is -2.24. The molecule has 0 bridgehead atoms. The summed E-state index contributed by atoms with van der Waals surface area (Å²) in [7, 11) is 2.15. The molecule has 1 aromatic rings. The summed E-state index contributed by atoms with van der Waals surface area (Å²) in [5.41, 5.74) is 1.35. The Morgan fingerprint density at radius 2 is 2.00 bits per heavy atom. The van der Waals surface area contributed by atoms with E-state index in [4.69, 9.17) is 0 Å². The summed E-state index contributed by atoms with van der Waals surface area (Å²) in [6.45, 7) is 0.984. The van der Waals surface area contributed by atoms with Crippen molar-refractivity contribution in [3.8, 4) is 0 Å². The Labute approximate surface area is 91.5 Å². The van der Waals surface area contributed by atoms with Gasteiger partial charge >= 0.3 is 0 Å². The average molecular weight is 205 g/mol. The van der Waals surface area contributed by atoms with E-state index in [-0.39, 0.29) is 6.10 Å². The first kappa shape index (κ1) is 10.7. The fourth-order valence-electron chi connectivity index (χ4n) is 2.34. The number of nitrogens with zero attached hydrogens (tertiary/aromatic N) is 1. The molecule has 1 aliphatic rings. The van der Waals surface area contributed by atoms with Crippen LogP contribution in [0.5, 0.6) is 0 Å². The zero-order valence-corrected chi connectivity index (χ0v) is 9.26. The molecular weight excluding hydrogens is 186 g/mol. The summed E-state index contributed by atoms with van der Waals surface area (Å²) in [5.74, 6) is 0. The Hall–Kier alpha value is -0.860. The minimum Gasteiger partial charge on any atom is -0.393 e. The van der Waals surface area contributed by atoms with Crippen LogP contribution >= 0.6 is 0 Å². The van der Waals surface area contributed by atoms with Crippen LogP contribution in [0.25, 0.3) is 0 Å². The van der Waals surface area contributed by atoms with Crippen molar-refractivity contribution < 1.29 is 5.11 Å². The molecule has 0 aliphatic heterocycles. The molecule has 2 atom stereocenters. The van der Waals surface area contributed by atoms with Crippen LogP contribution in [0.1, 0.15) is 24.8 Å². The third-order valence-electron chi connectivity index (χ3n) is 3.28. The lowest BCUT2D eigenvalue weighted by molar-refractivity contribution is 0.161. The van der Waals surface area contributed by atoms with E-state index in [1.54, 1.807) is 0 Å². The van der Waals surface area contributed by atoms with Gasteiger partial charge in [0.15, 0.2) is 0 Å². The van der Waals surface area contributed by atoms with Crippen LogP contribution in [0, 0.1) is 0 Å². The summed E-state index contributed by atoms with van der Waals surface area (Å²) in [5, 5.41) is 9.49. The van der Waals surface area contributed by atoms with E-state index in [9.17, 15) is 5.11 Å². The van der Waals surface area contributed by atoms with Gasteiger partial charge in [-0.2, -0.15) is 0 Å². The smallest absolute Gasteiger partial charge is 0.0555 e. The van der Waals surface area contributed by atoms with Crippen LogP contribution < -0.4 is 0 Å². The van der Waals surface area contributed by atoms with Crippen molar-refractivity contribution >= 4 is 0 Å². The summed E-state index contributed by atoms with van der Waals surface area (Å²) in [4.78, 5) is 2.35. The van der Waals surface area contributed by atoms with Crippen LogP contribution in [0.2, 0.25) is 0 Å². The minimum absolute atomic E-state index is 0.0757. The van der Waals surface area contributed by atoms with Crippen molar-refractivity contribution in [1.29, 1.82) is 0 Å². The number of benzene rings is 1. The maximum atomic E-state index is 9.49. The molecule has 82 valence electrons.